The Morgan fingerprint density at radius 2 is 1.95 bits per heavy atom. The van der Waals surface area contributed by atoms with Gasteiger partial charge in [-0.3, -0.25) is 4.98 Å². The van der Waals surface area contributed by atoms with E-state index in [4.69, 9.17) is 0 Å². The van der Waals surface area contributed by atoms with Crippen LogP contribution in [0.25, 0.3) is 16.5 Å². The van der Waals surface area contributed by atoms with Gasteiger partial charge in [-0.1, -0.05) is 12.1 Å². The Bertz CT molecular complexity index is 738. The van der Waals surface area contributed by atoms with Crippen molar-refractivity contribution in [2.45, 2.75) is 19.4 Å². The van der Waals surface area contributed by atoms with Crippen LogP contribution in [0.2, 0.25) is 0 Å². The summed E-state index contributed by atoms with van der Waals surface area (Å²) in [6.45, 7) is 4.29. The molecule has 0 amide bonds. The van der Waals surface area contributed by atoms with Crippen LogP contribution in [0.15, 0.2) is 49.2 Å². The lowest BCUT2D eigenvalue weighted by atomic mass is 10.0. The molecule has 0 aliphatic heterocycles. The molecule has 4 heteroatoms. The van der Waals surface area contributed by atoms with Gasteiger partial charge in [0.25, 0.3) is 0 Å². The van der Waals surface area contributed by atoms with Crippen molar-refractivity contribution < 1.29 is 0 Å². The Balaban J connectivity index is 2.25. The molecule has 0 aliphatic rings. The largest absolute Gasteiger partial charge is 0.310 e. The van der Waals surface area contributed by atoms with Crippen molar-refractivity contribution >= 4 is 10.8 Å². The lowest BCUT2D eigenvalue weighted by Crippen LogP contribution is -2.35. The van der Waals surface area contributed by atoms with Gasteiger partial charge in [0, 0.05) is 23.2 Å². The lowest BCUT2D eigenvalue weighted by molar-refractivity contribution is 0.425. The summed E-state index contributed by atoms with van der Waals surface area (Å²) in [5, 5.41) is 5.63. The SMILES string of the molecule is CNC(C)(C)c1cncn1-c1cccc2cnccc12. The second-order valence-electron chi connectivity index (χ2n) is 5.40. The van der Waals surface area contributed by atoms with Crippen molar-refractivity contribution in [2.24, 2.45) is 0 Å². The third-order valence-corrected chi connectivity index (χ3v) is 3.82. The van der Waals surface area contributed by atoms with Crippen LogP contribution in [0.1, 0.15) is 19.5 Å². The molecule has 0 unspecified atom stereocenters. The molecular weight excluding hydrogens is 248 g/mol. The molecule has 0 fully saturated rings. The van der Waals surface area contributed by atoms with Crippen molar-refractivity contribution in [1.82, 2.24) is 19.9 Å². The lowest BCUT2D eigenvalue weighted by Gasteiger charge is -2.25. The number of benzene rings is 1. The summed E-state index contributed by atoms with van der Waals surface area (Å²) in [4.78, 5) is 8.51. The van der Waals surface area contributed by atoms with Gasteiger partial charge in [-0.25, -0.2) is 4.98 Å². The fourth-order valence-electron chi connectivity index (χ4n) is 2.39. The number of aromatic nitrogens is 3. The van der Waals surface area contributed by atoms with Crippen LogP contribution in [-0.2, 0) is 5.54 Å². The highest BCUT2D eigenvalue weighted by atomic mass is 15.1. The summed E-state index contributed by atoms with van der Waals surface area (Å²) in [5.41, 5.74) is 2.11. The minimum absolute atomic E-state index is 0.147. The summed E-state index contributed by atoms with van der Waals surface area (Å²) in [5.74, 6) is 0. The van der Waals surface area contributed by atoms with Gasteiger partial charge in [0.15, 0.2) is 0 Å². The Labute approximate surface area is 118 Å². The molecular formula is C16H18N4. The third-order valence-electron chi connectivity index (χ3n) is 3.82. The number of nitrogens with zero attached hydrogens (tertiary/aromatic N) is 3. The van der Waals surface area contributed by atoms with Crippen molar-refractivity contribution in [3.05, 3.63) is 54.9 Å². The Morgan fingerprint density at radius 3 is 2.75 bits per heavy atom. The summed E-state index contributed by atoms with van der Waals surface area (Å²) in [6, 6.07) is 8.28. The summed E-state index contributed by atoms with van der Waals surface area (Å²) in [6.07, 6.45) is 7.49. The molecule has 3 rings (SSSR count). The average Bonchev–Trinajstić information content (AvgIpc) is 2.97. The van der Waals surface area contributed by atoms with E-state index in [0.29, 0.717) is 0 Å². The molecule has 0 saturated heterocycles. The fraction of sp³-hybridized carbons (Fsp3) is 0.250. The molecule has 1 aromatic carbocycles. The molecule has 0 radical (unpaired) electrons. The van der Waals surface area contributed by atoms with Gasteiger partial charge < -0.3 is 9.88 Å². The number of pyridine rings is 1. The van der Waals surface area contributed by atoms with Gasteiger partial charge in [-0.05, 0) is 33.0 Å². The van der Waals surface area contributed by atoms with Gasteiger partial charge in [0.1, 0.15) is 0 Å². The summed E-state index contributed by atoms with van der Waals surface area (Å²) < 4.78 is 2.14. The zero-order valence-electron chi connectivity index (χ0n) is 12.0. The first-order valence-corrected chi connectivity index (χ1v) is 6.68. The van der Waals surface area contributed by atoms with Gasteiger partial charge in [-0.2, -0.15) is 0 Å². The number of nitrogens with one attached hydrogen (secondary N) is 1. The topological polar surface area (TPSA) is 42.7 Å². The zero-order valence-corrected chi connectivity index (χ0v) is 12.0. The second kappa shape index (κ2) is 4.72. The maximum Gasteiger partial charge on any atom is 0.0995 e. The summed E-state index contributed by atoms with van der Waals surface area (Å²) >= 11 is 0. The molecule has 0 aliphatic carbocycles. The minimum Gasteiger partial charge on any atom is -0.310 e. The van der Waals surface area contributed by atoms with Gasteiger partial charge in [0.05, 0.1) is 29.4 Å². The number of imidazole rings is 1. The van der Waals surface area contributed by atoms with Crippen LogP contribution in [0.5, 0.6) is 0 Å². The minimum atomic E-state index is -0.147. The maximum absolute atomic E-state index is 4.33. The van der Waals surface area contributed by atoms with Crippen molar-refractivity contribution in [3.8, 4) is 5.69 Å². The van der Waals surface area contributed by atoms with Gasteiger partial charge >= 0.3 is 0 Å². The quantitative estimate of drug-likeness (QED) is 0.792. The molecule has 102 valence electrons. The number of fused-ring (bicyclic) bond motifs is 1. The summed E-state index contributed by atoms with van der Waals surface area (Å²) in [7, 11) is 1.96. The van der Waals surface area contributed by atoms with E-state index >= 15 is 0 Å². The first-order chi connectivity index (χ1) is 9.63. The number of hydrogen-bond acceptors (Lipinski definition) is 3. The maximum atomic E-state index is 4.33. The fourth-order valence-corrected chi connectivity index (χ4v) is 2.39. The van der Waals surface area contributed by atoms with Crippen LogP contribution < -0.4 is 5.32 Å². The van der Waals surface area contributed by atoms with Crippen LogP contribution >= 0.6 is 0 Å². The normalized spacial score (nSPS) is 11.9. The molecule has 4 nitrogen and oxygen atoms in total. The van der Waals surface area contributed by atoms with Crippen molar-refractivity contribution in [1.29, 1.82) is 0 Å². The predicted molar refractivity (Wildman–Crippen MR) is 81.0 cm³/mol. The van der Waals surface area contributed by atoms with E-state index in [2.05, 4.69) is 51.9 Å². The smallest absolute Gasteiger partial charge is 0.0995 e. The molecule has 2 heterocycles. The van der Waals surface area contributed by atoms with Crippen molar-refractivity contribution in [2.75, 3.05) is 7.05 Å². The van der Waals surface area contributed by atoms with E-state index in [1.807, 2.05) is 38.0 Å². The molecule has 20 heavy (non-hydrogen) atoms. The van der Waals surface area contributed by atoms with Crippen LogP contribution in [0, 0.1) is 0 Å². The van der Waals surface area contributed by atoms with E-state index in [9.17, 15) is 0 Å². The van der Waals surface area contributed by atoms with E-state index in [0.717, 1.165) is 16.8 Å². The first-order valence-electron chi connectivity index (χ1n) is 6.68. The molecule has 0 atom stereocenters. The molecule has 0 spiro atoms. The molecule has 3 aromatic rings. The Morgan fingerprint density at radius 1 is 1.10 bits per heavy atom. The van der Waals surface area contributed by atoms with Gasteiger partial charge in [0.2, 0.25) is 0 Å². The molecule has 1 N–H and O–H groups in total. The highest BCUT2D eigenvalue weighted by Gasteiger charge is 2.23. The first kappa shape index (κ1) is 12.8. The molecule has 0 saturated carbocycles. The number of hydrogen-bond donors (Lipinski definition) is 1. The monoisotopic (exact) mass is 266 g/mol. The van der Waals surface area contributed by atoms with Crippen LogP contribution in [0.4, 0.5) is 0 Å². The standard InChI is InChI=1S/C16H18N4/c1-16(2,17-3)15-10-19-11-20(15)14-6-4-5-12-9-18-8-7-13(12)14/h4-11,17H,1-3H3. The molecule has 2 aromatic heterocycles. The molecule has 0 bridgehead atoms. The Hall–Kier alpha value is -2.20. The predicted octanol–water partition coefficient (Wildman–Crippen LogP) is 2.88. The third kappa shape index (κ3) is 1.98. The van der Waals surface area contributed by atoms with E-state index in [1.54, 1.807) is 0 Å². The van der Waals surface area contributed by atoms with E-state index in [1.165, 1.54) is 5.39 Å². The van der Waals surface area contributed by atoms with Crippen LogP contribution in [-0.4, -0.2) is 21.6 Å². The second-order valence-corrected chi connectivity index (χ2v) is 5.40. The van der Waals surface area contributed by atoms with Gasteiger partial charge in [-0.15, -0.1) is 0 Å². The van der Waals surface area contributed by atoms with Crippen molar-refractivity contribution in [3.63, 3.8) is 0 Å². The zero-order chi connectivity index (χ0) is 14.2. The average molecular weight is 266 g/mol. The number of rotatable bonds is 3. The highest BCUT2D eigenvalue weighted by Crippen LogP contribution is 2.27. The van der Waals surface area contributed by atoms with E-state index < -0.39 is 0 Å². The Kier molecular flexibility index (Phi) is 3.03. The highest BCUT2D eigenvalue weighted by molar-refractivity contribution is 5.89. The van der Waals surface area contributed by atoms with Crippen LogP contribution in [0.3, 0.4) is 0 Å². The van der Waals surface area contributed by atoms with E-state index in [-0.39, 0.29) is 5.54 Å².